The van der Waals surface area contributed by atoms with Crippen molar-refractivity contribution in [2.24, 2.45) is 5.92 Å². The number of carbonyl (C=O) groups is 2. The first-order valence-corrected chi connectivity index (χ1v) is 7.62. The van der Waals surface area contributed by atoms with E-state index in [0.29, 0.717) is 30.7 Å². The van der Waals surface area contributed by atoms with E-state index in [0.717, 1.165) is 11.0 Å². The summed E-state index contributed by atoms with van der Waals surface area (Å²) in [7, 11) is 0. The normalized spacial score (nSPS) is 18.6. The van der Waals surface area contributed by atoms with Crippen LogP contribution >= 0.6 is 0 Å². The first kappa shape index (κ1) is 13.8. The van der Waals surface area contributed by atoms with Gasteiger partial charge in [-0.1, -0.05) is 12.1 Å². The molecular formula is C16H16N4O3. The number of para-hydroxylation sites is 2. The van der Waals surface area contributed by atoms with Crippen LogP contribution in [0.25, 0.3) is 16.7 Å². The van der Waals surface area contributed by atoms with E-state index in [1.165, 1.54) is 0 Å². The van der Waals surface area contributed by atoms with Gasteiger partial charge in [0.2, 0.25) is 0 Å². The Labute approximate surface area is 131 Å². The van der Waals surface area contributed by atoms with Crippen LogP contribution in [0.2, 0.25) is 0 Å². The maximum Gasteiger partial charge on any atom is 0.308 e. The van der Waals surface area contributed by atoms with E-state index in [1.54, 1.807) is 15.5 Å². The zero-order valence-corrected chi connectivity index (χ0v) is 12.4. The van der Waals surface area contributed by atoms with Crippen molar-refractivity contribution >= 4 is 28.6 Å². The van der Waals surface area contributed by atoms with Crippen LogP contribution in [-0.2, 0) is 4.79 Å². The van der Waals surface area contributed by atoms with Gasteiger partial charge in [0, 0.05) is 19.2 Å². The largest absolute Gasteiger partial charge is 0.481 e. The molecule has 1 atom stereocenters. The van der Waals surface area contributed by atoms with Crippen molar-refractivity contribution in [3.63, 3.8) is 0 Å². The monoisotopic (exact) mass is 312 g/mol. The van der Waals surface area contributed by atoms with E-state index < -0.39 is 11.9 Å². The second kappa shape index (κ2) is 5.12. The van der Waals surface area contributed by atoms with Gasteiger partial charge >= 0.3 is 5.97 Å². The van der Waals surface area contributed by atoms with Gasteiger partial charge in [-0.15, -0.1) is 0 Å². The Morgan fingerprint density at radius 1 is 1.30 bits per heavy atom. The maximum absolute atomic E-state index is 12.6. The molecule has 1 aromatic carbocycles. The molecule has 0 radical (unpaired) electrons. The van der Waals surface area contributed by atoms with Crippen LogP contribution in [0, 0.1) is 5.92 Å². The minimum absolute atomic E-state index is 0.175. The van der Waals surface area contributed by atoms with E-state index in [4.69, 9.17) is 5.11 Å². The van der Waals surface area contributed by atoms with Crippen molar-refractivity contribution in [2.45, 2.75) is 12.8 Å². The fraction of sp³-hybridized carbons (Fsp3) is 0.312. The molecule has 118 valence electrons. The predicted octanol–water partition coefficient (Wildman–Crippen LogP) is 1.75. The molecule has 0 aliphatic carbocycles. The van der Waals surface area contributed by atoms with Crippen molar-refractivity contribution in [2.75, 3.05) is 13.1 Å². The fourth-order valence-corrected chi connectivity index (χ4v) is 3.18. The van der Waals surface area contributed by atoms with E-state index in [1.807, 2.05) is 24.3 Å². The number of carbonyl (C=O) groups excluding carboxylic acids is 1. The Balaban J connectivity index is 1.65. The average Bonchev–Trinajstić information content (AvgIpc) is 3.12. The summed E-state index contributed by atoms with van der Waals surface area (Å²) in [5.74, 6) is -1.49. The van der Waals surface area contributed by atoms with Gasteiger partial charge in [-0.2, -0.15) is 0 Å². The van der Waals surface area contributed by atoms with Crippen molar-refractivity contribution in [1.29, 1.82) is 0 Å². The van der Waals surface area contributed by atoms with Crippen LogP contribution in [0.1, 0.15) is 23.3 Å². The number of benzene rings is 1. The zero-order chi connectivity index (χ0) is 16.0. The van der Waals surface area contributed by atoms with E-state index in [-0.39, 0.29) is 12.5 Å². The molecule has 2 aromatic heterocycles. The lowest BCUT2D eigenvalue weighted by molar-refractivity contribution is -0.143. The second-order valence-electron chi connectivity index (χ2n) is 5.89. The average molecular weight is 312 g/mol. The van der Waals surface area contributed by atoms with E-state index in [2.05, 4.69) is 10.1 Å². The number of hydrogen-bond donors (Lipinski definition) is 2. The van der Waals surface area contributed by atoms with Gasteiger partial charge in [0.25, 0.3) is 5.91 Å². The summed E-state index contributed by atoms with van der Waals surface area (Å²) < 4.78 is 1.78. The summed E-state index contributed by atoms with van der Waals surface area (Å²) in [6.07, 6.45) is 1.33. The lowest BCUT2D eigenvalue weighted by atomic mass is 9.98. The van der Waals surface area contributed by atoms with Gasteiger partial charge in [-0.05, 0) is 25.0 Å². The number of carboxylic acid groups (broad SMARTS) is 1. The molecule has 2 N–H and O–H groups in total. The number of imidazole rings is 1. The number of carboxylic acids is 1. The molecule has 3 heterocycles. The Morgan fingerprint density at radius 3 is 2.96 bits per heavy atom. The number of amides is 1. The number of aromatic nitrogens is 3. The summed E-state index contributed by atoms with van der Waals surface area (Å²) in [6, 6.07) is 9.40. The molecule has 1 saturated heterocycles. The van der Waals surface area contributed by atoms with E-state index >= 15 is 0 Å². The quantitative estimate of drug-likeness (QED) is 0.754. The summed E-state index contributed by atoms with van der Waals surface area (Å²) in [4.78, 5) is 29.9. The molecule has 3 aromatic rings. The molecule has 1 aliphatic heterocycles. The molecule has 0 bridgehead atoms. The Morgan fingerprint density at radius 2 is 2.13 bits per heavy atom. The lowest BCUT2D eigenvalue weighted by Gasteiger charge is -2.30. The van der Waals surface area contributed by atoms with Crippen molar-refractivity contribution in [1.82, 2.24) is 19.5 Å². The highest BCUT2D eigenvalue weighted by molar-refractivity contribution is 5.94. The standard InChI is InChI=1S/C16H16N4O3/c21-15(19-7-3-4-10(9-19)16(22)23)12-8-14-17-11-5-1-2-6-13(11)20(14)18-12/h1-2,5-6,8,10,18H,3-4,7,9H2,(H,22,23)/t10-/m0/s1. The summed E-state index contributed by atoms with van der Waals surface area (Å²) in [5, 5.41) is 12.2. The van der Waals surface area contributed by atoms with Gasteiger partial charge < -0.3 is 10.0 Å². The summed E-state index contributed by atoms with van der Waals surface area (Å²) >= 11 is 0. The molecule has 0 unspecified atom stereocenters. The number of piperidine rings is 1. The van der Waals surface area contributed by atoms with Crippen LogP contribution in [0.15, 0.2) is 30.3 Å². The number of hydrogen-bond acceptors (Lipinski definition) is 3. The van der Waals surface area contributed by atoms with Gasteiger partial charge in [0.1, 0.15) is 5.69 Å². The molecule has 23 heavy (non-hydrogen) atoms. The number of likely N-dealkylation sites (tertiary alicyclic amines) is 1. The molecule has 7 nitrogen and oxygen atoms in total. The summed E-state index contributed by atoms with van der Waals surface area (Å²) in [6.45, 7) is 0.848. The predicted molar refractivity (Wildman–Crippen MR) is 83.3 cm³/mol. The molecular weight excluding hydrogens is 296 g/mol. The number of rotatable bonds is 2. The fourth-order valence-electron chi connectivity index (χ4n) is 3.18. The molecule has 4 rings (SSSR count). The first-order chi connectivity index (χ1) is 11.1. The maximum atomic E-state index is 12.6. The minimum Gasteiger partial charge on any atom is -0.481 e. The Hall–Kier alpha value is -2.83. The number of aromatic amines is 1. The molecule has 1 amide bonds. The number of H-pyrrole nitrogens is 1. The smallest absolute Gasteiger partial charge is 0.308 e. The molecule has 7 heteroatoms. The molecule has 1 fully saturated rings. The minimum atomic E-state index is -0.838. The Kier molecular flexibility index (Phi) is 3.07. The van der Waals surface area contributed by atoms with Crippen molar-refractivity contribution < 1.29 is 14.7 Å². The van der Waals surface area contributed by atoms with Crippen molar-refractivity contribution in [3.05, 3.63) is 36.0 Å². The SMILES string of the molecule is O=C(O)[C@H]1CCCN(C(=O)c2cc3nc4ccccc4n3[nH]2)C1. The first-order valence-electron chi connectivity index (χ1n) is 7.62. The topological polar surface area (TPSA) is 90.7 Å². The van der Waals surface area contributed by atoms with Gasteiger partial charge in [-0.25, -0.2) is 9.50 Å². The van der Waals surface area contributed by atoms with Crippen LogP contribution < -0.4 is 0 Å². The van der Waals surface area contributed by atoms with Crippen LogP contribution in [0.5, 0.6) is 0 Å². The third-order valence-corrected chi connectivity index (χ3v) is 4.38. The third kappa shape index (κ3) is 2.25. The second-order valence-corrected chi connectivity index (χ2v) is 5.89. The molecule has 1 aliphatic rings. The van der Waals surface area contributed by atoms with Crippen LogP contribution in [0.4, 0.5) is 0 Å². The van der Waals surface area contributed by atoms with Gasteiger partial charge in [-0.3, -0.25) is 14.7 Å². The number of aliphatic carboxylic acids is 1. The van der Waals surface area contributed by atoms with Gasteiger partial charge in [0.15, 0.2) is 5.65 Å². The molecule has 0 spiro atoms. The number of nitrogens with zero attached hydrogens (tertiary/aromatic N) is 3. The Bertz CT molecular complexity index is 910. The van der Waals surface area contributed by atoms with Crippen LogP contribution in [-0.4, -0.2) is 49.6 Å². The highest BCUT2D eigenvalue weighted by Gasteiger charge is 2.29. The highest BCUT2D eigenvalue weighted by Crippen LogP contribution is 2.21. The molecule has 0 saturated carbocycles. The third-order valence-electron chi connectivity index (χ3n) is 4.38. The van der Waals surface area contributed by atoms with Crippen molar-refractivity contribution in [3.8, 4) is 0 Å². The lowest BCUT2D eigenvalue weighted by Crippen LogP contribution is -2.42. The summed E-state index contributed by atoms with van der Waals surface area (Å²) in [5.41, 5.74) is 2.89. The number of fused-ring (bicyclic) bond motifs is 3. The number of nitrogens with one attached hydrogen (secondary N) is 1. The van der Waals surface area contributed by atoms with Gasteiger partial charge in [0.05, 0.1) is 17.0 Å². The highest BCUT2D eigenvalue weighted by atomic mass is 16.4. The zero-order valence-electron chi connectivity index (χ0n) is 12.4. The van der Waals surface area contributed by atoms with E-state index in [9.17, 15) is 9.59 Å². The van der Waals surface area contributed by atoms with Crippen LogP contribution in [0.3, 0.4) is 0 Å².